The van der Waals surface area contributed by atoms with Gasteiger partial charge in [-0.05, 0) is 24.3 Å². The van der Waals surface area contributed by atoms with Crippen molar-refractivity contribution in [3.63, 3.8) is 0 Å². The Morgan fingerprint density at radius 3 is 2.74 bits per heavy atom. The van der Waals surface area contributed by atoms with E-state index in [9.17, 15) is 14.0 Å². The minimum atomic E-state index is -1.35. The third kappa shape index (κ3) is 3.15. The van der Waals surface area contributed by atoms with E-state index in [1.807, 2.05) is 0 Å². The molecule has 0 fully saturated rings. The summed E-state index contributed by atoms with van der Waals surface area (Å²) in [5, 5.41) is 17.5. The number of anilines is 1. The lowest BCUT2D eigenvalue weighted by molar-refractivity contribution is -0.115. The zero-order chi connectivity index (χ0) is 13.8. The number of nitrogens with one attached hydrogen (secondary N) is 2. The zero-order valence-electron chi connectivity index (χ0n) is 9.68. The van der Waals surface area contributed by atoms with E-state index in [0.29, 0.717) is 5.69 Å². The first-order chi connectivity index (χ1) is 9.06. The number of carboxylic acids is 1. The van der Waals surface area contributed by atoms with Crippen molar-refractivity contribution in [2.45, 2.75) is 6.42 Å². The molecule has 0 aliphatic carbocycles. The molecule has 0 unspecified atom stereocenters. The molecule has 98 valence electrons. The number of carbonyl (C=O) groups is 2. The molecule has 0 aliphatic rings. The van der Waals surface area contributed by atoms with Crippen LogP contribution in [0.3, 0.4) is 0 Å². The van der Waals surface area contributed by atoms with Gasteiger partial charge in [-0.25, -0.2) is 9.18 Å². The van der Waals surface area contributed by atoms with Crippen molar-refractivity contribution >= 4 is 17.6 Å². The van der Waals surface area contributed by atoms with Gasteiger partial charge in [0.15, 0.2) is 0 Å². The summed E-state index contributed by atoms with van der Waals surface area (Å²) in [4.78, 5) is 22.2. The van der Waals surface area contributed by atoms with Gasteiger partial charge in [0, 0.05) is 17.6 Å². The van der Waals surface area contributed by atoms with E-state index in [0.717, 1.165) is 12.1 Å². The number of aromatic amines is 1. The Morgan fingerprint density at radius 1 is 1.37 bits per heavy atom. The summed E-state index contributed by atoms with van der Waals surface area (Å²) < 4.78 is 13.4. The predicted octanol–water partition coefficient (Wildman–Crippen LogP) is 1.43. The van der Waals surface area contributed by atoms with Gasteiger partial charge in [0.25, 0.3) is 0 Å². The molecule has 0 atom stereocenters. The van der Waals surface area contributed by atoms with Crippen molar-refractivity contribution in [3.8, 4) is 0 Å². The molecule has 7 heteroatoms. The number of H-pyrrole nitrogens is 1. The fourth-order valence-corrected chi connectivity index (χ4v) is 1.53. The molecule has 19 heavy (non-hydrogen) atoms. The maximum atomic E-state index is 13.4. The Morgan fingerprint density at radius 2 is 2.16 bits per heavy atom. The first-order valence-corrected chi connectivity index (χ1v) is 5.37. The molecule has 0 saturated carbocycles. The molecule has 6 nitrogen and oxygen atoms in total. The molecule has 1 aromatic heterocycles. The van der Waals surface area contributed by atoms with Crippen molar-refractivity contribution < 1.29 is 19.1 Å². The van der Waals surface area contributed by atoms with E-state index in [2.05, 4.69) is 15.5 Å². The third-order valence-electron chi connectivity index (χ3n) is 2.39. The quantitative estimate of drug-likeness (QED) is 0.777. The average molecular weight is 263 g/mol. The molecule has 0 aliphatic heterocycles. The summed E-state index contributed by atoms with van der Waals surface area (Å²) in [6.07, 6.45) is 1.59. The topological polar surface area (TPSA) is 95.1 Å². The summed E-state index contributed by atoms with van der Waals surface area (Å²) in [5.74, 6) is -2.61. The Balaban J connectivity index is 2.05. The minimum Gasteiger partial charge on any atom is -0.478 e. The highest BCUT2D eigenvalue weighted by Gasteiger charge is 2.12. The maximum Gasteiger partial charge on any atom is 0.338 e. The molecule has 0 bridgehead atoms. The number of hydrogen-bond acceptors (Lipinski definition) is 3. The predicted molar refractivity (Wildman–Crippen MR) is 64.3 cm³/mol. The molecular formula is C12H10FN3O3. The SMILES string of the molecule is O=C(Cc1ccn[nH]1)Nc1ccc(C(=O)O)c(F)c1. The summed E-state index contributed by atoms with van der Waals surface area (Å²) in [7, 11) is 0. The van der Waals surface area contributed by atoms with Crippen molar-refractivity contribution in [1.82, 2.24) is 10.2 Å². The first kappa shape index (κ1) is 12.7. The van der Waals surface area contributed by atoms with Gasteiger partial charge in [-0.15, -0.1) is 0 Å². The lowest BCUT2D eigenvalue weighted by Crippen LogP contribution is -2.15. The highest BCUT2D eigenvalue weighted by Crippen LogP contribution is 2.14. The lowest BCUT2D eigenvalue weighted by Gasteiger charge is -2.05. The molecule has 0 saturated heterocycles. The number of carbonyl (C=O) groups excluding carboxylic acids is 1. The minimum absolute atomic E-state index is 0.0717. The second kappa shape index (κ2) is 5.30. The van der Waals surface area contributed by atoms with E-state index < -0.39 is 17.3 Å². The van der Waals surface area contributed by atoms with Crippen LogP contribution in [0.15, 0.2) is 30.5 Å². The number of amides is 1. The van der Waals surface area contributed by atoms with Crippen LogP contribution in [0.5, 0.6) is 0 Å². The molecule has 2 aromatic rings. The molecule has 1 heterocycles. The van der Waals surface area contributed by atoms with Crippen LogP contribution in [0, 0.1) is 5.82 Å². The summed E-state index contributed by atoms with van der Waals surface area (Å²) in [6, 6.07) is 5.04. The van der Waals surface area contributed by atoms with E-state index >= 15 is 0 Å². The monoisotopic (exact) mass is 263 g/mol. The number of benzene rings is 1. The number of carboxylic acid groups (broad SMARTS) is 1. The van der Waals surface area contributed by atoms with E-state index in [-0.39, 0.29) is 18.0 Å². The zero-order valence-corrected chi connectivity index (χ0v) is 9.68. The molecule has 3 N–H and O–H groups in total. The fraction of sp³-hybridized carbons (Fsp3) is 0.0833. The van der Waals surface area contributed by atoms with Gasteiger partial charge in [0.2, 0.25) is 5.91 Å². The smallest absolute Gasteiger partial charge is 0.338 e. The van der Waals surface area contributed by atoms with Crippen LogP contribution in [0.4, 0.5) is 10.1 Å². The van der Waals surface area contributed by atoms with Crippen LogP contribution in [0.2, 0.25) is 0 Å². The van der Waals surface area contributed by atoms with Crippen LogP contribution < -0.4 is 5.32 Å². The van der Waals surface area contributed by atoms with Gasteiger partial charge in [0.1, 0.15) is 5.82 Å². The Labute approximate surface area is 107 Å². The van der Waals surface area contributed by atoms with Crippen molar-refractivity contribution in [2.24, 2.45) is 0 Å². The van der Waals surface area contributed by atoms with Gasteiger partial charge < -0.3 is 10.4 Å². The number of nitrogens with zero attached hydrogens (tertiary/aromatic N) is 1. The highest BCUT2D eigenvalue weighted by atomic mass is 19.1. The molecular weight excluding hydrogens is 253 g/mol. The van der Waals surface area contributed by atoms with Crippen molar-refractivity contribution in [1.29, 1.82) is 0 Å². The van der Waals surface area contributed by atoms with Crippen LogP contribution >= 0.6 is 0 Å². The van der Waals surface area contributed by atoms with Gasteiger partial charge >= 0.3 is 5.97 Å². The van der Waals surface area contributed by atoms with Gasteiger partial charge in [-0.1, -0.05) is 0 Å². The molecule has 2 rings (SSSR count). The fourth-order valence-electron chi connectivity index (χ4n) is 1.53. The number of aromatic carboxylic acids is 1. The van der Waals surface area contributed by atoms with Gasteiger partial charge in [-0.2, -0.15) is 5.10 Å². The number of aromatic nitrogens is 2. The standard InChI is InChI=1S/C12H10FN3O3/c13-10-5-7(1-2-9(10)12(18)19)15-11(17)6-8-3-4-14-16-8/h1-5H,6H2,(H,14,16)(H,15,17)(H,18,19). The molecule has 1 aromatic carbocycles. The first-order valence-electron chi connectivity index (χ1n) is 5.37. The average Bonchev–Trinajstić information content (AvgIpc) is 2.81. The van der Waals surface area contributed by atoms with Crippen LogP contribution in [0.1, 0.15) is 16.1 Å². The van der Waals surface area contributed by atoms with Crippen molar-refractivity contribution in [3.05, 3.63) is 47.5 Å². The molecule has 1 amide bonds. The second-order valence-corrected chi connectivity index (χ2v) is 3.81. The van der Waals surface area contributed by atoms with Crippen molar-refractivity contribution in [2.75, 3.05) is 5.32 Å². The number of rotatable bonds is 4. The van der Waals surface area contributed by atoms with E-state index in [4.69, 9.17) is 5.11 Å². The van der Waals surface area contributed by atoms with Crippen LogP contribution in [-0.2, 0) is 11.2 Å². The Bertz CT molecular complexity index is 611. The third-order valence-corrected chi connectivity index (χ3v) is 2.39. The van der Waals surface area contributed by atoms with Crippen LogP contribution in [0.25, 0.3) is 0 Å². The van der Waals surface area contributed by atoms with Gasteiger partial charge in [-0.3, -0.25) is 9.89 Å². The second-order valence-electron chi connectivity index (χ2n) is 3.81. The summed E-state index contributed by atoms with van der Waals surface area (Å²) >= 11 is 0. The van der Waals surface area contributed by atoms with E-state index in [1.165, 1.54) is 12.3 Å². The summed E-state index contributed by atoms with van der Waals surface area (Å²) in [6.45, 7) is 0. The number of hydrogen-bond donors (Lipinski definition) is 3. The largest absolute Gasteiger partial charge is 0.478 e. The van der Waals surface area contributed by atoms with Gasteiger partial charge in [0.05, 0.1) is 12.0 Å². The Kier molecular flexibility index (Phi) is 3.56. The molecule has 0 spiro atoms. The normalized spacial score (nSPS) is 10.2. The van der Waals surface area contributed by atoms with E-state index in [1.54, 1.807) is 6.07 Å². The Hall–Kier alpha value is -2.70. The van der Waals surface area contributed by atoms with Crippen LogP contribution in [-0.4, -0.2) is 27.2 Å². The molecule has 0 radical (unpaired) electrons. The summed E-state index contributed by atoms with van der Waals surface area (Å²) in [5.41, 5.74) is 0.388. The maximum absolute atomic E-state index is 13.4. The lowest BCUT2D eigenvalue weighted by atomic mass is 10.2. The highest BCUT2D eigenvalue weighted by molar-refractivity contribution is 5.93. The number of halogens is 1.